The van der Waals surface area contributed by atoms with E-state index in [2.05, 4.69) is 21.5 Å². The maximum absolute atomic E-state index is 8.66. The van der Waals surface area contributed by atoms with Gasteiger partial charge in [0.25, 0.3) is 0 Å². The summed E-state index contributed by atoms with van der Waals surface area (Å²) in [6.45, 7) is 0.864. The van der Waals surface area contributed by atoms with E-state index in [-0.39, 0.29) is 0 Å². The maximum atomic E-state index is 8.66. The van der Waals surface area contributed by atoms with Gasteiger partial charge in [0, 0.05) is 12.7 Å². The van der Waals surface area contributed by atoms with Gasteiger partial charge in [-0.05, 0) is 30.9 Å². The van der Waals surface area contributed by atoms with Gasteiger partial charge in [0.2, 0.25) is 5.95 Å². The second-order valence-electron chi connectivity index (χ2n) is 3.36. The van der Waals surface area contributed by atoms with E-state index >= 15 is 0 Å². The molecule has 1 aromatic rings. The summed E-state index contributed by atoms with van der Waals surface area (Å²) in [5.74, 6) is 1.77. The van der Waals surface area contributed by atoms with Gasteiger partial charge in [-0.15, -0.1) is 0 Å². The normalized spacial score (nSPS) is 9.75. The van der Waals surface area contributed by atoms with Crippen LogP contribution in [0.4, 0.5) is 5.95 Å². The van der Waals surface area contributed by atoms with Crippen LogP contribution in [0.25, 0.3) is 0 Å². The lowest BCUT2D eigenvalue weighted by atomic mass is 10.2. The Morgan fingerprint density at radius 1 is 1.44 bits per heavy atom. The number of rotatable bonds is 7. The van der Waals surface area contributed by atoms with Gasteiger partial charge >= 0.3 is 0 Å². The lowest BCUT2D eigenvalue weighted by Gasteiger charge is -2.03. The number of nitrogens with one attached hydrogen (secondary N) is 1. The molecule has 0 saturated heterocycles. The highest BCUT2D eigenvalue weighted by Crippen LogP contribution is 2.03. The van der Waals surface area contributed by atoms with Crippen LogP contribution in [0.5, 0.6) is 0 Å². The average Bonchev–Trinajstić information content (AvgIpc) is 2.34. The van der Waals surface area contributed by atoms with Crippen LogP contribution in [0.1, 0.15) is 25.0 Å². The number of hydrogen-bond acceptors (Lipinski definition) is 5. The SMILES string of the molecule is CSCCCCCNc1nccc(C#N)n1. The lowest BCUT2D eigenvalue weighted by Crippen LogP contribution is -2.05. The summed E-state index contributed by atoms with van der Waals surface area (Å²) >= 11 is 1.88. The van der Waals surface area contributed by atoms with Gasteiger partial charge in [-0.1, -0.05) is 6.42 Å². The smallest absolute Gasteiger partial charge is 0.223 e. The summed E-state index contributed by atoms with van der Waals surface area (Å²) in [7, 11) is 0. The Labute approximate surface area is 100 Å². The monoisotopic (exact) mass is 236 g/mol. The van der Waals surface area contributed by atoms with E-state index in [1.54, 1.807) is 12.3 Å². The molecule has 86 valence electrons. The second-order valence-corrected chi connectivity index (χ2v) is 4.34. The van der Waals surface area contributed by atoms with Crippen molar-refractivity contribution in [3.8, 4) is 6.07 Å². The standard InChI is InChI=1S/C11H16N4S/c1-16-8-4-2-3-6-13-11-14-7-5-10(9-12)15-11/h5,7H,2-4,6,8H2,1H3,(H,13,14,15). The van der Waals surface area contributed by atoms with Crippen LogP contribution in [-0.4, -0.2) is 28.5 Å². The van der Waals surface area contributed by atoms with Crippen molar-refractivity contribution in [2.75, 3.05) is 23.9 Å². The summed E-state index contributed by atoms with van der Waals surface area (Å²) in [5, 5.41) is 11.8. The van der Waals surface area contributed by atoms with E-state index in [1.807, 2.05) is 17.8 Å². The van der Waals surface area contributed by atoms with E-state index in [1.165, 1.54) is 18.6 Å². The number of thioether (sulfide) groups is 1. The third-order valence-corrected chi connectivity index (χ3v) is 2.78. The van der Waals surface area contributed by atoms with Crippen LogP contribution in [0, 0.1) is 11.3 Å². The Bertz CT molecular complexity index is 348. The predicted molar refractivity (Wildman–Crippen MR) is 67.5 cm³/mol. The molecule has 1 aromatic heterocycles. The summed E-state index contributed by atoms with van der Waals surface area (Å²) in [4.78, 5) is 8.08. The number of anilines is 1. The molecule has 0 atom stereocenters. The topological polar surface area (TPSA) is 61.6 Å². The van der Waals surface area contributed by atoms with Crippen molar-refractivity contribution in [1.29, 1.82) is 5.26 Å². The van der Waals surface area contributed by atoms with Crippen molar-refractivity contribution in [1.82, 2.24) is 9.97 Å². The summed E-state index contributed by atoms with van der Waals surface area (Å²) < 4.78 is 0. The van der Waals surface area contributed by atoms with E-state index in [4.69, 9.17) is 5.26 Å². The fourth-order valence-corrected chi connectivity index (χ4v) is 1.75. The van der Waals surface area contributed by atoms with E-state index in [9.17, 15) is 0 Å². The Hall–Kier alpha value is -1.28. The maximum Gasteiger partial charge on any atom is 0.223 e. The predicted octanol–water partition coefficient (Wildman–Crippen LogP) is 2.29. The highest BCUT2D eigenvalue weighted by atomic mass is 32.2. The third-order valence-electron chi connectivity index (χ3n) is 2.08. The molecule has 0 aromatic carbocycles. The molecule has 0 aliphatic rings. The fourth-order valence-electron chi connectivity index (χ4n) is 1.25. The van der Waals surface area contributed by atoms with Gasteiger partial charge in [0.1, 0.15) is 11.8 Å². The molecule has 5 heteroatoms. The van der Waals surface area contributed by atoms with E-state index in [0.717, 1.165) is 13.0 Å². The van der Waals surface area contributed by atoms with Gasteiger partial charge in [-0.3, -0.25) is 0 Å². The molecular formula is C11H16N4S. The minimum atomic E-state index is 0.403. The van der Waals surface area contributed by atoms with Gasteiger partial charge in [-0.2, -0.15) is 17.0 Å². The first-order valence-corrected chi connectivity index (χ1v) is 6.72. The number of aromatic nitrogens is 2. The van der Waals surface area contributed by atoms with Crippen molar-refractivity contribution in [3.63, 3.8) is 0 Å². The number of unbranched alkanes of at least 4 members (excludes halogenated alkanes) is 2. The molecule has 0 radical (unpaired) electrons. The lowest BCUT2D eigenvalue weighted by molar-refractivity contribution is 0.746. The summed E-state index contributed by atoms with van der Waals surface area (Å²) in [6, 6.07) is 3.59. The van der Waals surface area contributed by atoms with Gasteiger partial charge in [0.15, 0.2) is 0 Å². The molecule has 0 bridgehead atoms. The first-order chi connectivity index (χ1) is 7.86. The summed E-state index contributed by atoms with van der Waals surface area (Å²) in [5.41, 5.74) is 0.403. The number of nitrogens with zero attached hydrogens (tertiary/aromatic N) is 3. The molecule has 0 unspecified atom stereocenters. The third kappa shape index (κ3) is 4.99. The largest absolute Gasteiger partial charge is 0.354 e. The Morgan fingerprint density at radius 2 is 2.31 bits per heavy atom. The van der Waals surface area contributed by atoms with Crippen molar-refractivity contribution in [2.45, 2.75) is 19.3 Å². The molecule has 0 fully saturated rings. The molecule has 1 heterocycles. The van der Waals surface area contributed by atoms with Crippen LogP contribution >= 0.6 is 11.8 Å². The van der Waals surface area contributed by atoms with Crippen LogP contribution in [0.15, 0.2) is 12.3 Å². The first-order valence-electron chi connectivity index (χ1n) is 5.33. The molecule has 0 saturated carbocycles. The Morgan fingerprint density at radius 3 is 3.06 bits per heavy atom. The van der Waals surface area contributed by atoms with Crippen molar-refractivity contribution in [2.24, 2.45) is 0 Å². The molecule has 4 nitrogen and oxygen atoms in total. The van der Waals surface area contributed by atoms with Crippen LogP contribution in [0.3, 0.4) is 0 Å². The zero-order valence-electron chi connectivity index (χ0n) is 9.44. The van der Waals surface area contributed by atoms with Crippen LogP contribution < -0.4 is 5.32 Å². The Balaban J connectivity index is 2.19. The average molecular weight is 236 g/mol. The van der Waals surface area contributed by atoms with Crippen molar-refractivity contribution >= 4 is 17.7 Å². The zero-order valence-corrected chi connectivity index (χ0v) is 10.3. The molecule has 0 spiro atoms. The molecule has 0 amide bonds. The number of nitriles is 1. The first kappa shape index (κ1) is 12.8. The molecule has 0 aliphatic carbocycles. The van der Waals surface area contributed by atoms with Crippen LogP contribution in [0.2, 0.25) is 0 Å². The second kappa shape index (κ2) is 7.94. The summed E-state index contributed by atoms with van der Waals surface area (Å²) in [6.07, 6.45) is 7.30. The Kier molecular flexibility index (Phi) is 6.35. The molecule has 1 rings (SSSR count). The highest BCUT2D eigenvalue weighted by molar-refractivity contribution is 7.98. The van der Waals surface area contributed by atoms with Gasteiger partial charge < -0.3 is 5.32 Å². The van der Waals surface area contributed by atoms with Gasteiger partial charge in [0.05, 0.1) is 0 Å². The van der Waals surface area contributed by atoms with Gasteiger partial charge in [-0.25, -0.2) is 9.97 Å². The van der Waals surface area contributed by atoms with Crippen molar-refractivity contribution < 1.29 is 0 Å². The molecule has 16 heavy (non-hydrogen) atoms. The minimum absolute atomic E-state index is 0.403. The minimum Gasteiger partial charge on any atom is -0.354 e. The van der Waals surface area contributed by atoms with Crippen LogP contribution in [-0.2, 0) is 0 Å². The van der Waals surface area contributed by atoms with E-state index < -0.39 is 0 Å². The van der Waals surface area contributed by atoms with Crippen molar-refractivity contribution in [3.05, 3.63) is 18.0 Å². The number of hydrogen-bond donors (Lipinski definition) is 1. The fraction of sp³-hybridized carbons (Fsp3) is 0.545. The van der Waals surface area contributed by atoms with E-state index in [0.29, 0.717) is 11.6 Å². The molecule has 0 aliphatic heterocycles. The zero-order chi connectivity index (χ0) is 11.6. The molecular weight excluding hydrogens is 220 g/mol. The quantitative estimate of drug-likeness (QED) is 0.736. The molecule has 1 N–H and O–H groups in total. The highest BCUT2D eigenvalue weighted by Gasteiger charge is 1.97.